The predicted octanol–water partition coefficient (Wildman–Crippen LogP) is 3.18. The Labute approximate surface area is 149 Å². The second-order valence-corrected chi connectivity index (χ2v) is 5.91. The molecule has 0 bridgehead atoms. The van der Waals surface area contributed by atoms with Gasteiger partial charge in [0, 0.05) is 18.7 Å². The molecule has 1 aliphatic rings. The van der Waals surface area contributed by atoms with Gasteiger partial charge in [0.05, 0.1) is 19.1 Å². The molecule has 1 fully saturated rings. The molecule has 0 aromatic heterocycles. The Morgan fingerprint density at radius 2 is 1.83 bits per heavy atom. The minimum atomic E-state index is 0. The average Bonchev–Trinajstić information content (AvgIpc) is 2.53. The van der Waals surface area contributed by atoms with Crippen LogP contribution in [0.5, 0.6) is 5.75 Å². The molecule has 1 atom stereocenters. The Morgan fingerprint density at radius 3 is 2.42 bits per heavy atom. The van der Waals surface area contributed by atoms with Crippen LogP contribution in [-0.4, -0.2) is 26.1 Å². The molecule has 1 aliphatic heterocycles. The lowest BCUT2D eigenvalue weighted by atomic mass is 9.99. The number of nitrogens with one attached hydrogen (secondary N) is 2. The van der Waals surface area contributed by atoms with E-state index in [1.807, 2.05) is 31.2 Å². The normalized spacial score (nSPS) is 14.9. The topological polar surface area (TPSA) is 50.4 Å². The lowest BCUT2D eigenvalue weighted by Crippen LogP contribution is -2.51. The van der Waals surface area contributed by atoms with Gasteiger partial charge in [-0.1, -0.05) is 42.5 Å². The van der Waals surface area contributed by atoms with Crippen molar-refractivity contribution in [3.05, 3.63) is 54.1 Å². The van der Waals surface area contributed by atoms with Crippen molar-refractivity contribution in [2.75, 3.05) is 20.2 Å². The van der Waals surface area contributed by atoms with Crippen molar-refractivity contribution in [3.63, 3.8) is 0 Å². The van der Waals surface area contributed by atoms with Crippen LogP contribution in [0.4, 0.5) is 0 Å². The first-order valence-electron chi connectivity index (χ1n) is 7.93. The van der Waals surface area contributed by atoms with Gasteiger partial charge in [-0.3, -0.25) is 4.79 Å². The maximum atomic E-state index is 12.0. The van der Waals surface area contributed by atoms with E-state index in [0.29, 0.717) is 0 Å². The van der Waals surface area contributed by atoms with Gasteiger partial charge in [0.1, 0.15) is 5.75 Å². The molecule has 2 aromatic rings. The van der Waals surface area contributed by atoms with Crippen molar-refractivity contribution < 1.29 is 9.53 Å². The van der Waals surface area contributed by atoms with Crippen molar-refractivity contribution in [3.8, 4) is 16.9 Å². The third-order valence-electron chi connectivity index (χ3n) is 4.34. The summed E-state index contributed by atoms with van der Waals surface area (Å²) >= 11 is 0. The molecule has 1 saturated heterocycles. The first-order chi connectivity index (χ1) is 11.2. The monoisotopic (exact) mass is 346 g/mol. The molecule has 2 N–H and O–H groups in total. The second-order valence-electron chi connectivity index (χ2n) is 5.91. The first-order valence-corrected chi connectivity index (χ1v) is 7.93. The molecule has 128 valence electrons. The maximum Gasteiger partial charge on any atom is 0.226 e. The Morgan fingerprint density at radius 1 is 1.17 bits per heavy atom. The van der Waals surface area contributed by atoms with Gasteiger partial charge in [-0.25, -0.2) is 0 Å². The zero-order valence-electron chi connectivity index (χ0n) is 13.9. The van der Waals surface area contributed by atoms with E-state index in [-0.39, 0.29) is 30.3 Å². The summed E-state index contributed by atoms with van der Waals surface area (Å²) in [5, 5.41) is 6.20. The Bertz CT molecular complexity index is 684. The number of para-hydroxylation sites is 1. The number of ether oxygens (including phenoxy) is 1. The zero-order chi connectivity index (χ0) is 16.2. The van der Waals surface area contributed by atoms with Crippen molar-refractivity contribution in [1.29, 1.82) is 0 Å². The fraction of sp³-hybridized carbons (Fsp3) is 0.316. The molecule has 2 aromatic carbocycles. The number of benzene rings is 2. The maximum absolute atomic E-state index is 12.0. The van der Waals surface area contributed by atoms with Crippen LogP contribution >= 0.6 is 12.4 Å². The van der Waals surface area contributed by atoms with Gasteiger partial charge in [-0.15, -0.1) is 12.4 Å². The number of amides is 1. The average molecular weight is 347 g/mol. The van der Waals surface area contributed by atoms with Crippen molar-refractivity contribution >= 4 is 18.3 Å². The van der Waals surface area contributed by atoms with Crippen molar-refractivity contribution in [2.24, 2.45) is 5.92 Å². The van der Waals surface area contributed by atoms with Crippen LogP contribution in [0.1, 0.15) is 18.5 Å². The van der Waals surface area contributed by atoms with Crippen LogP contribution in [0, 0.1) is 5.92 Å². The van der Waals surface area contributed by atoms with Crippen LogP contribution < -0.4 is 15.4 Å². The van der Waals surface area contributed by atoms with Crippen molar-refractivity contribution in [1.82, 2.24) is 10.6 Å². The van der Waals surface area contributed by atoms with E-state index in [9.17, 15) is 4.79 Å². The number of halogens is 1. The van der Waals surface area contributed by atoms with E-state index in [1.54, 1.807) is 7.11 Å². The van der Waals surface area contributed by atoms with Crippen LogP contribution in [0.2, 0.25) is 0 Å². The highest BCUT2D eigenvalue weighted by molar-refractivity contribution is 5.85. The van der Waals surface area contributed by atoms with Gasteiger partial charge in [0.25, 0.3) is 0 Å². The van der Waals surface area contributed by atoms with Gasteiger partial charge >= 0.3 is 0 Å². The third kappa shape index (κ3) is 3.89. The molecule has 1 unspecified atom stereocenters. The predicted molar refractivity (Wildman–Crippen MR) is 98.6 cm³/mol. The highest BCUT2D eigenvalue weighted by Gasteiger charge is 2.25. The number of carbonyl (C=O) groups is 1. The van der Waals surface area contributed by atoms with Gasteiger partial charge in [0.2, 0.25) is 5.91 Å². The molecule has 0 saturated carbocycles. The lowest BCUT2D eigenvalue weighted by molar-refractivity contribution is -0.127. The summed E-state index contributed by atoms with van der Waals surface area (Å²) in [5.74, 6) is 1.11. The molecule has 0 aliphatic carbocycles. The van der Waals surface area contributed by atoms with Crippen LogP contribution in [0.3, 0.4) is 0 Å². The summed E-state index contributed by atoms with van der Waals surface area (Å²) in [6.45, 7) is 3.58. The number of carbonyl (C=O) groups excluding carboxylic acids is 1. The number of methoxy groups -OCH3 is 1. The van der Waals surface area contributed by atoms with E-state index in [0.717, 1.165) is 35.5 Å². The molecule has 3 rings (SSSR count). The fourth-order valence-corrected chi connectivity index (χ4v) is 2.72. The van der Waals surface area contributed by atoms with Gasteiger partial charge < -0.3 is 15.4 Å². The van der Waals surface area contributed by atoms with E-state index in [4.69, 9.17) is 4.74 Å². The van der Waals surface area contributed by atoms with E-state index >= 15 is 0 Å². The summed E-state index contributed by atoms with van der Waals surface area (Å²) in [4.78, 5) is 12.0. The highest BCUT2D eigenvalue weighted by atomic mass is 35.5. The zero-order valence-corrected chi connectivity index (χ0v) is 14.7. The quantitative estimate of drug-likeness (QED) is 0.874. The SMILES string of the molecule is COc1ccccc1-c1ccc(C(C)NC(=O)C2CNC2)cc1.Cl. The molecule has 24 heavy (non-hydrogen) atoms. The minimum absolute atomic E-state index is 0. The summed E-state index contributed by atoms with van der Waals surface area (Å²) in [7, 11) is 1.68. The Balaban J connectivity index is 0.00000208. The molecule has 1 heterocycles. The molecule has 0 spiro atoms. The van der Waals surface area contributed by atoms with E-state index < -0.39 is 0 Å². The molecule has 0 radical (unpaired) electrons. The Hall–Kier alpha value is -2.04. The highest BCUT2D eigenvalue weighted by Crippen LogP contribution is 2.30. The Kier molecular flexibility index (Phi) is 6.23. The van der Waals surface area contributed by atoms with Crippen LogP contribution in [-0.2, 0) is 4.79 Å². The number of rotatable bonds is 5. The van der Waals surface area contributed by atoms with Crippen LogP contribution in [0.25, 0.3) is 11.1 Å². The molecular formula is C19H23ClN2O2. The van der Waals surface area contributed by atoms with E-state index in [1.165, 1.54) is 0 Å². The number of hydrogen-bond acceptors (Lipinski definition) is 3. The molecule has 1 amide bonds. The standard InChI is InChI=1S/C19H22N2O2.ClH/c1-13(21-19(22)16-11-20-12-16)14-7-9-15(10-8-14)17-5-3-4-6-18(17)23-2;/h3-10,13,16,20H,11-12H2,1-2H3,(H,21,22);1H. The van der Waals surface area contributed by atoms with E-state index in [2.05, 4.69) is 34.9 Å². The van der Waals surface area contributed by atoms with Crippen molar-refractivity contribution in [2.45, 2.75) is 13.0 Å². The lowest BCUT2D eigenvalue weighted by Gasteiger charge is -2.27. The summed E-state index contributed by atoms with van der Waals surface area (Å²) in [6, 6.07) is 16.2. The molecule has 4 nitrogen and oxygen atoms in total. The summed E-state index contributed by atoms with van der Waals surface area (Å²) in [5.41, 5.74) is 3.27. The largest absolute Gasteiger partial charge is 0.496 e. The van der Waals surface area contributed by atoms with Gasteiger partial charge in [-0.2, -0.15) is 0 Å². The molecular weight excluding hydrogens is 324 g/mol. The first kappa shape index (κ1) is 18.3. The summed E-state index contributed by atoms with van der Waals surface area (Å²) in [6.07, 6.45) is 0. The van der Waals surface area contributed by atoms with Gasteiger partial charge in [-0.05, 0) is 24.1 Å². The molecule has 5 heteroatoms. The smallest absolute Gasteiger partial charge is 0.226 e. The number of hydrogen-bond donors (Lipinski definition) is 2. The second kappa shape index (κ2) is 8.18. The third-order valence-corrected chi connectivity index (χ3v) is 4.34. The van der Waals surface area contributed by atoms with Gasteiger partial charge in [0.15, 0.2) is 0 Å². The fourth-order valence-electron chi connectivity index (χ4n) is 2.72. The minimum Gasteiger partial charge on any atom is -0.496 e. The summed E-state index contributed by atoms with van der Waals surface area (Å²) < 4.78 is 5.41. The van der Waals surface area contributed by atoms with Crippen LogP contribution in [0.15, 0.2) is 48.5 Å².